The first-order chi connectivity index (χ1) is 12.9. The zero-order chi connectivity index (χ0) is 19.8. The van der Waals surface area contributed by atoms with Gasteiger partial charge in [-0.15, -0.1) is 0 Å². The minimum atomic E-state index is -0.636. The molecule has 0 atom stereocenters. The summed E-state index contributed by atoms with van der Waals surface area (Å²) in [5.74, 6) is -0.589. The average molecular weight is 376 g/mol. The first-order valence-corrected chi connectivity index (χ1v) is 8.52. The number of benzene rings is 2. The Kier molecular flexibility index (Phi) is 7.18. The molecule has 9 heteroatoms. The van der Waals surface area contributed by atoms with Gasteiger partial charge in [-0.2, -0.15) is 0 Å². The highest BCUT2D eigenvalue weighted by Crippen LogP contribution is 2.22. The van der Waals surface area contributed by atoms with Crippen molar-refractivity contribution in [3.05, 3.63) is 74.6 Å². The number of non-ortho nitro benzene ring substituents is 2. The van der Waals surface area contributed by atoms with Gasteiger partial charge in [0.1, 0.15) is 5.82 Å². The van der Waals surface area contributed by atoms with Crippen LogP contribution in [0.25, 0.3) is 0 Å². The largest absolute Gasteiger partial charge is 0.369 e. The van der Waals surface area contributed by atoms with Gasteiger partial charge in [-0.3, -0.25) is 20.2 Å². The predicted molar refractivity (Wildman–Crippen MR) is 100 cm³/mol. The van der Waals surface area contributed by atoms with Crippen LogP contribution in [0, 0.1) is 26.0 Å². The molecule has 8 nitrogen and oxygen atoms in total. The second kappa shape index (κ2) is 9.58. The van der Waals surface area contributed by atoms with Gasteiger partial charge in [-0.25, -0.2) is 4.39 Å². The first-order valence-electron chi connectivity index (χ1n) is 8.52. The minimum Gasteiger partial charge on any atom is -0.369 e. The van der Waals surface area contributed by atoms with Gasteiger partial charge in [0.2, 0.25) is 0 Å². The van der Waals surface area contributed by atoms with Crippen LogP contribution in [0.3, 0.4) is 0 Å². The Labute approximate surface area is 156 Å². The number of anilines is 1. The summed E-state index contributed by atoms with van der Waals surface area (Å²) in [4.78, 5) is 24.3. The Morgan fingerprint density at radius 1 is 0.926 bits per heavy atom. The summed E-state index contributed by atoms with van der Waals surface area (Å²) in [5, 5.41) is 20.7. The number of hydrogen-bond donors (Lipinski definition) is 0. The number of nitro groups is 2. The van der Waals surface area contributed by atoms with E-state index >= 15 is 0 Å². The van der Waals surface area contributed by atoms with Gasteiger partial charge in [0.15, 0.2) is 0 Å². The van der Waals surface area contributed by atoms with Gasteiger partial charge >= 0.3 is 0 Å². The third-order valence-electron chi connectivity index (χ3n) is 4.24. The fraction of sp³-hybridized carbons (Fsp3) is 0.333. The van der Waals surface area contributed by atoms with E-state index in [9.17, 15) is 24.6 Å². The normalized spacial score (nSPS) is 14.2. The molecule has 27 heavy (non-hydrogen) atoms. The third kappa shape index (κ3) is 6.00. The smallest absolute Gasteiger partial charge is 0.272 e. The van der Waals surface area contributed by atoms with Crippen molar-refractivity contribution >= 4 is 17.1 Å². The molecule has 0 aliphatic carbocycles. The van der Waals surface area contributed by atoms with Crippen LogP contribution in [0.1, 0.15) is 6.92 Å². The lowest BCUT2D eigenvalue weighted by atomic mass is 10.2. The first kappa shape index (κ1) is 20.2. The van der Waals surface area contributed by atoms with Crippen molar-refractivity contribution < 1.29 is 14.2 Å². The van der Waals surface area contributed by atoms with Crippen LogP contribution in [0.5, 0.6) is 0 Å². The molecule has 1 saturated heterocycles. The van der Waals surface area contributed by atoms with E-state index in [1.165, 1.54) is 18.2 Å². The van der Waals surface area contributed by atoms with Crippen LogP contribution < -0.4 is 4.90 Å². The quantitative estimate of drug-likeness (QED) is 0.599. The van der Waals surface area contributed by atoms with E-state index in [-0.39, 0.29) is 16.3 Å². The number of rotatable bonds is 4. The third-order valence-corrected chi connectivity index (χ3v) is 4.24. The molecule has 0 N–H and O–H groups in total. The Bertz CT molecular complexity index is 794. The summed E-state index contributed by atoms with van der Waals surface area (Å²) in [5.41, 5.74) is 0.898. The molecule has 0 radical (unpaired) electrons. The number of likely N-dealkylation sites (N-methyl/N-ethyl adjacent to an activating group) is 1. The summed E-state index contributed by atoms with van der Waals surface area (Å²) >= 11 is 0. The highest BCUT2D eigenvalue weighted by molar-refractivity contribution is 5.53. The van der Waals surface area contributed by atoms with E-state index in [1.54, 1.807) is 12.1 Å². The molecule has 0 unspecified atom stereocenters. The van der Waals surface area contributed by atoms with Gasteiger partial charge in [-0.05, 0) is 18.7 Å². The van der Waals surface area contributed by atoms with Gasteiger partial charge in [0.05, 0.1) is 15.9 Å². The van der Waals surface area contributed by atoms with E-state index in [0.717, 1.165) is 50.5 Å². The average Bonchev–Trinajstić information content (AvgIpc) is 2.68. The Balaban J connectivity index is 0.000000223. The lowest BCUT2D eigenvalue weighted by molar-refractivity contribution is -0.385. The van der Waals surface area contributed by atoms with Gasteiger partial charge in [0.25, 0.3) is 11.4 Å². The number of piperazine rings is 1. The minimum absolute atomic E-state index is 0.167. The Morgan fingerprint density at radius 3 is 1.96 bits per heavy atom. The summed E-state index contributed by atoms with van der Waals surface area (Å²) in [7, 11) is 0. The molecule has 3 rings (SSSR count). The molecule has 2 aromatic carbocycles. The molecule has 0 spiro atoms. The maximum atomic E-state index is 12.2. The molecule has 1 heterocycles. The molecule has 144 valence electrons. The van der Waals surface area contributed by atoms with Crippen molar-refractivity contribution in [2.24, 2.45) is 0 Å². The molecular formula is C18H21FN4O4. The van der Waals surface area contributed by atoms with E-state index < -0.39 is 10.7 Å². The fourth-order valence-electron chi connectivity index (χ4n) is 2.72. The van der Waals surface area contributed by atoms with Crippen LogP contribution in [0.2, 0.25) is 0 Å². The maximum absolute atomic E-state index is 12.2. The fourth-order valence-corrected chi connectivity index (χ4v) is 2.72. The van der Waals surface area contributed by atoms with Crippen LogP contribution >= 0.6 is 0 Å². The van der Waals surface area contributed by atoms with Crippen LogP contribution in [0.4, 0.5) is 21.5 Å². The topological polar surface area (TPSA) is 92.8 Å². The van der Waals surface area contributed by atoms with E-state index in [2.05, 4.69) is 16.7 Å². The molecule has 1 aliphatic rings. The summed E-state index contributed by atoms with van der Waals surface area (Å²) < 4.78 is 12.2. The molecule has 1 aliphatic heterocycles. The lowest BCUT2D eigenvalue weighted by Gasteiger charge is -2.35. The summed E-state index contributed by atoms with van der Waals surface area (Å²) in [6.45, 7) is 7.16. The van der Waals surface area contributed by atoms with Gasteiger partial charge in [-0.1, -0.05) is 19.1 Å². The molecular weight excluding hydrogens is 355 g/mol. The zero-order valence-corrected chi connectivity index (χ0v) is 15.0. The second-order valence-electron chi connectivity index (χ2n) is 5.94. The van der Waals surface area contributed by atoms with Crippen molar-refractivity contribution in [2.75, 3.05) is 37.6 Å². The van der Waals surface area contributed by atoms with Gasteiger partial charge < -0.3 is 9.80 Å². The number of hydrogen-bond acceptors (Lipinski definition) is 6. The summed E-state index contributed by atoms with van der Waals surface area (Å²) in [6, 6.07) is 11.4. The molecule has 0 aromatic heterocycles. The van der Waals surface area contributed by atoms with Crippen LogP contribution in [-0.4, -0.2) is 47.5 Å². The van der Waals surface area contributed by atoms with Crippen molar-refractivity contribution in [1.29, 1.82) is 0 Å². The zero-order valence-electron chi connectivity index (χ0n) is 15.0. The number of nitro benzene ring substituents is 2. The van der Waals surface area contributed by atoms with Crippen LogP contribution in [-0.2, 0) is 0 Å². The lowest BCUT2D eigenvalue weighted by Crippen LogP contribution is -2.46. The van der Waals surface area contributed by atoms with Crippen molar-refractivity contribution in [1.82, 2.24) is 4.90 Å². The standard InChI is InChI=1S/C12H17N3O2.C6H4FNO2/c1-2-13-6-8-14(9-7-13)11-4-3-5-12(10-11)15(16)17;7-5-2-1-3-6(4-5)8(9)10/h3-5,10H,2,6-9H2,1H3;1-4H. The number of nitrogens with zero attached hydrogens (tertiary/aromatic N) is 4. The van der Waals surface area contributed by atoms with Gasteiger partial charge in [0, 0.05) is 50.1 Å². The van der Waals surface area contributed by atoms with Crippen molar-refractivity contribution in [2.45, 2.75) is 6.92 Å². The molecule has 0 bridgehead atoms. The number of halogens is 1. The van der Waals surface area contributed by atoms with Crippen LogP contribution in [0.15, 0.2) is 48.5 Å². The van der Waals surface area contributed by atoms with E-state index in [1.807, 2.05) is 6.07 Å². The molecule has 0 saturated carbocycles. The second-order valence-corrected chi connectivity index (χ2v) is 5.94. The van der Waals surface area contributed by atoms with E-state index in [4.69, 9.17) is 0 Å². The Hall–Kier alpha value is -3.07. The maximum Gasteiger partial charge on any atom is 0.272 e. The monoisotopic (exact) mass is 376 g/mol. The van der Waals surface area contributed by atoms with Crippen molar-refractivity contribution in [3.8, 4) is 0 Å². The highest BCUT2D eigenvalue weighted by atomic mass is 19.1. The molecule has 1 fully saturated rings. The molecule has 0 amide bonds. The predicted octanol–water partition coefficient (Wildman–Crippen LogP) is 3.47. The van der Waals surface area contributed by atoms with Crippen molar-refractivity contribution in [3.63, 3.8) is 0 Å². The van der Waals surface area contributed by atoms with E-state index in [0.29, 0.717) is 0 Å². The molecule has 2 aromatic rings. The SMILES string of the molecule is CCN1CCN(c2cccc([N+](=O)[O-])c2)CC1.O=[N+]([O-])c1cccc(F)c1. The summed E-state index contributed by atoms with van der Waals surface area (Å²) in [6.07, 6.45) is 0. The Morgan fingerprint density at radius 2 is 1.48 bits per heavy atom. The highest BCUT2D eigenvalue weighted by Gasteiger charge is 2.17.